The molecule has 0 amide bonds. The van der Waals surface area contributed by atoms with Crippen molar-refractivity contribution in [2.45, 2.75) is 19.2 Å². The summed E-state index contributed by atoms with van der Waals surface area (Å²) in [5.74, 6) is -1.31. The van der Waals surface area contributed by atoms with Gasteiger partial charge in [0.15, 0.2) is 11.6 Å². The smallest absolute Gasteiger partial charge is 0.182 e. The number of hydrogen-bond acceptors (Lipinski definition) is 1. The molecule has 0 spiro atoms. The van der Waals surface area contributed by atoms with E-state index in [1.807, 2.05) is 25.1 Å². The first-order valence-electron chi connectivity index (χ1n) is 6.56. The number of aromatic nitrogens is 2. The van der Waals surface area contributed by atoms with Gasteiger partial charge in [-0.05, 0) is 43.7 Å². The maximum absolute atomic E-state index is 14.1. The number of halogens is 3. The Labute approximate surface area is 126 Å². The molecule has 0 N–H and O–H groups in total. The van der Waals surface area contributed by atoms with Gasteiger partial charge in [0.1, 0.15) is 5.82 Å². The number of imidazole rings is 1. The number of benzene rings is 2. The lowest BCUT2D eigenvalue weighted by molar-refractivity contribution is 0.504. The van der Waals surface area contributed by atoms with Crippen LogP contribution in [0.1, 0.15) is 23.7 Å². The predicted octanol–water partition coefficient (Wildman–Crippen LogP) is 4.91. The first-order chi connectivity index (χ1) is 9.99. The molecule has 1 atom stereocenters. The van der Waals surface area contributed by atoms with Gasteiger partial charge in [-0.2, -0.15) is 0 Å². The van der Waals surface area contributed by atoms with Crippen LogP contribution in [0.4, 0.5) is 8.78 Å². The van der Waals surface area contributed by atoms with E-state index in [0.29, 0.717) is 16.9 Å². The zero-order chi connectivity index (χ0) is 15.1. The van der Waals surface area contributed by atoms with Gasteiger partial charge in [0.05, 0.1) is 22.1 Å². The number of alkyl halides is 1. The van der Waals surface area contributed by atoms with Crippen LogP contribution in [0.2, 0.25) is 0 Å². The van der Waals surface area contributed by atoms with Crippen LogP contribution in [0.25, 0.3) is 16.7 Å². The Balaban J connectivity index is 2.39. The van der Waals surface area contributed by atoms with E-state index in [4.69, 9.17) is 11.6 Å². The average molecular weight is 307 g/mol. The molecule has 0 aliphatic carbocycles. The van der Waals surface area contributed by atoms with E-state index in [2.05, 4.69) is 4.98 Å². The van der Waals surface area contributed by atoms with Crippen molar-refractivity contribution in [2.24, 2.45) is 0 Å². The second kappa shape index (κ2) is 5.11. The SMILES string of the molecule is Cc1ccc2c(c1)nc(C(C)Cl)n2-c1cccc(F)c1F. The second-order valence-electron chi connectivity index (χ2n) is 4.99. The third kappa shape index (κ3) is 2.29. The maximum Gasteiger partial charge on any atom is 0.182 e. The fraction of sp³-hybridized carbons (Fsp3) is 0.188. The van der Waals surface area contributed by atoms with Crippen LogP contribution in [0, 0.1) is 18.6 Å². The van der Waals surface area contributed by atoms with Crippen LogP contribution in [0.5, 0.6) is 0 Å². The molecule has 1 unspecified atom stereocenters. The summed E-state index contributed by atoms with van der Waals surface area (Å²) >= 11 is 6.16. The van der Waals surface area contributed by atoms with Crippen LogP contribution < -0.4 is 0 Å². The number of fused-ring (bicyclic) bond motifs is 1. The van der Waals surface area contributed by atoms with Gasteiger partial charge in [-0.25, -0.2) is 13.8 Å². The van der Waals surface area contributed by atoms with E-state index in [-0.39, 0.29) is 5.69 Å². The number of hydrogen-bond donors (Lipinski definition) is 0. The van der Waals surface area contributed by atoms with Crippen LogP contribution in [-0.2, 0) is 0 Å². The third-order valence-electron chi connectivity index (χ3n) is 3.36. The Morgan fingerprint density at radius 3 is 2.67 bits per heavy atom. The quantitative estimate of drug-likeness (QED) is 0.615. The first-order valence-corrected chi connectivity index (χ1v) is 7.00. The minimum Gasteiger partial charge on any atom is -0.292 e. The molecule has 1 aromatic heterocycles. The highest BCUT2D eigenvalue weighted by Gasteiger charge is 2.20. The fourth-order valence-electron chi connectivity index (χ4n) is 2.39. The van der Waals surface area contributed by atoms with Crippen molar-refractivity contribution >= 4 is 22.6 Å². The second-order valence-corrected chi connectivity index (χ2v) is 5.64. The van der Waals surface area contributed by atoms with Gasteiger partial charge in [0.2, 0.25) is 0 Å². The van der Waals surface area contributed by atoms with Crippen LogP contribution in [0.3, 0.4) is 0 Å². The van der Waals surface area contributed by atoms with Crippen molar-refractivity contribution in [1.82, 2.24) is 9.55 Å². The first kappa shape index (κ1) is 14.0. The number of nitrogens with zero attached hydrogens (tertiary/aromatic N) is 2. The Kier molecular flexibility index (Phi) is 3.41. The van der Waals surface area contributed by atoms with E-state index < -0.39 is 17.0 Å². The van der Waals surface area contributed by atoms with Gasteiger partial charge in [0.25, 0.3) is 0 Å². The van der Waals surface area contributed by atoms with Gasteiger partial charge in [-0.15, -0.1) is 11.6 Å². The molecule has 0 fully saturated rings. The summed E-state index contributed by atoms with van der Waals surface area (Å²) in [7, 11) is 0. The molecular formula is C16H13ClF2N2. The number of rotatable bonds is 2. The highest BCUT2D eigenvalue weighted by atomic mass is 35.5. The summed E-state index contributed by atoms with van der Waals surface area (Å²) in [4.78, 5) is 4.46. The Bertz CT molecular complexity index is 825. The van der Waals surface area contributed by atoms with Crippen molar-refractivity contribution < 1.29 is 8.78 Å². The molecule has 5 heteroatoms. The lowest BCUT2D eigenvalue weighted by Crippen LogP contribution is -2.05. The number of aryl methyl sites for hydroxylation is 1. The summed E-state index contributed by atoms with van der Waals surface area (Å²) in [6.45, 7) is 3.70. The zero-order valence-electron chi connectivity index (χ0n) is 11.6. The molecule has 3 rings (SSSR count). The molecule has 2 nitrogen and oxygen atoms in total. The Morgan fingerprint density at radius 2 is 1.95 bits per heavy atom. The van der Waals surface area contributed by atoms with Crippen LogP contribution >= 0.6 is 11.6 Å². The molecule has 0 aliphatic rings. The summed E-state index contributed by atoms with van der Waals surface area (Å²) < 4.78 is 29.2. The van der Waals surface area contributed by atoms with Gasteiger partial charge in [0, 0.05) is 0 Å². The molecule has 0 aliphatic heterocycles. The summed E-state index contributed by atoms with van der Waals surface area (Å²) in [5.41, 5.74) is 2.57. The average Bonchev–Trinajstić information content (AvgIpc) is 2.80. The van der Waals surface area contributed by atoms with Crippen LogP contribution in [0.15, 0.2) is 36.4 Å². The van der Waals surface area contributed by atoms with E-state index >= 15 is 0 Å². The lowest BCUT2D eigenvalue weighted by Gasteiger charge is -2.11. The molecule has 21 heavy (non-hydrogen) atoms. The summed E-state index contributed by atoms with van der Waals surface area (Å²) in [6.07, 6.45) is 0. The largest absolute Gasteiger partial charge is 0.292 e. The van der Waals surface area contributed by atoms with Gasteiger partial charge in [-0.3, -0.25) is 4.57 Å². The van der Waals surface area contributed by atoms with Gasteiger partial charge in [-0.1, -0.05) is 12.1 Å². The van der Waals surface area contributed by atoms with Gasteiger partial charge < -0.3 is 0 Å². The monoisotopic (exact) mass is 306 g/mol. The molecule has 108 valence electrons. The maximum atomic E-state index is 14.1. The molecule has 3 aromatic rings. The minimum atomic E-state index is -0.907. The normalized spacial score (nSPS) is 12.8. The third-order valence-corrected chi connectivity index (χ3v) is 3.56. The van der Waals surface area contributed by atoms with Crippen molar-refractivity contribution in [3.05, 3.63) is 59.4 Å². The van der Waals surface area contributed by atoms with Crippen molar-refractivity contribution in [1.29, 1.82) is 0 Å². The Morgan fingerprint density at radius 1 is 1.19 bits per heavy atom. The topological polar surface area (TPSA) is 17.8 Å². The molecule has 2 aromatic carbocycles. The molecule has 0 radical (unpaired) electrons. The van der Waals surface area contributed by atoms with E-state index in [0.717, 1.165) is 11.6 Å². The highest BCUT2D eigenvalue weighted by molar-refractivity contribution is 6.20. The lowest BCUT2D eigenvalue weighted by atomic mass is 10.2. The minimum absolute atomic E-state index is 0.115. The Hall–Kier alpha value is -1.94. The van der Waals surface area contributed by atoms with Crippen molar-refractivity contribution in [2.75, 3.05) is 0 Å². The van der Waals surface area contributed by atoms with Crippen molar-refractivity contribution in [3.63, 3.8) is 0 Å². The standard InChI is InChI=1S/C16H13ClF2N2/c1-9-6-7-13-12(8-9)20-16(10(2)17)21(13)14-5-3-4-11(18)15(14)19/h3-8,10H,1-2H3. The molecule has 0 bridgehead atoms. The summed E-state index contributed by atoms with van der Waals surface area (Å²) in [5, 5.41) is -0.430. The molecule has 1 heterocycles. The summed E-state index contributed by atoms with van der Waals surface area (Å²) in [6, 6.07) is 9.71. The molecule has 0 saturated heterocycles. The van der Waals surface area contributed by atoms with Crippen LogP contribution in [-0.4, -0.2) is 9.55 Å². The van der Waals surface area contributed by atoms with E-state index in [1.165, 1.54) is 12.1 Å². The molecule has 0 saturated carbocycles. The van der Waals surface area contributed by atoms with Crippen molar-refractivity contribution in [3.8, 4) is 5.69 Å². The van der Waals surface area contributed by atoms with E-state index in [9.17, 15) is 8.78 Å². The van der Waals surface area contributed by atoms with E-state index in [1.54, 1.807) is 11.5 Å². The molecular weight excluding hydrogens is 294 g/mol. The fourth-order valence-corrected chi connectivity index (χ4v) is 2.54. The highest BCUT2D eigenvalue weighted by Crippen LogP contribution is 2.30. The van der Waals surface area contributed by atoms with Gasteiger partial charge >= 0.3 is 0 Å². The zero-order valence-corrected chi connectivity index (χ0v) is 12.3. The predicted molar refractivity (Wildman–Crippen MR) is 80.0 cm³/mol.